The smallest absolute Gasteiger partial charge is 0.313 e. The molecular formula is C28H37NO6. The number of esters is 2. The molecule has 7 nitrogen and oxygen atoms in total. The van der Waals surface area contributed by atoms with Gasteiger partial charge in [-0.3, -0.25) is 14.4 Å². The fourth-order valence-corrected chi connectivity index (χ4v) is 3.72. The summed E-state index contributed by atoms with van der Waals surface area (Å²) in [6.07, 6.45) is 0.902. The number of carbonyl (C=O) groups is 3. The molecule has 2 aromatic rings. The molecule has 2 rings (SSSR count). The van der Waals surface area contributed by atoms with Crippen molar-refractivity contribution in [2.45, 2.75) is 66.9 Å². The molecule has 7 heteroatoms. The zero-order chi connectivity index (χ0) is 26.3. The van der Waals surface area contributed by atoms with E-state index in [9.17, 15) is 14.4 Å². The first-order valence-electron chi connectivity index (χ1n) is 12.0. The van der Waals surface area contributed by atoms with E-state index in [2.05, 4.69) is 4.98 Å². The number of carbonyl (C=O) groups excluding carboxylic acids is 3. The molecule has 1 aromatic heterocycles. The van der Waals surface area contributed by atoms with Crippen molar-refractivity contribution in [3.05, 3.63) is 53.3 Å². The number of ketones is 1. The summed E-state index contributed by atoms with van der Waals surface area (Å²) in [5.74, 6) is -2.43. The van der Waals surface area contributed by atoms with Gasteiger partial charge in [0.1, 0.15) is 6.10 Å². The first-order chi connectivity index (χ1) is 16.5. The molecule has 0 spiro atoms. The summed E-state index contributed by atoms with van der Waals surface area (Å²) in [5, 5.41) is 0. The molecule has 35 heavy (non-hydrogen) atoms. The Morgan fingerprint density at radius 3 is 2.17 bits per heavy atom. The first kappa shape index (κ1) is 28.0. The second-order valence-corrected chi connectivity index (χ2v) is 9.53. The third-order valence-electron chi connectivity index (χ3n) is 6.22. The summed E-state index contributed by atoms with van der Waals surface area (Å²) >= 11 is 0. The lowest BCUT2D eigenvalue weighted by atomic mass is 9.89. The Labute approximate surface area is 208 Å². The van der Waals surface area contributed by atoms with Crippen LogP contribution in [-0.4, -0.2) is 35.9 Å². The summed E-state index contributed by atoms with van der Waals surface area (Å²) < 4.78 is 16.6. The van der Waals surface area contributed by atoms with Gasteiger partial charge in [-0.05, 0) is 30.9 Å². The van der Waals surface area contributed by atoms with Crippen molar-refractivity contribution in [3.8, 4) is 11.5 Å². The minimum absolute atomic E-state index is 0.00855. The number of hydrogen-bond acceptors (Lipinski definition) is 7. The van der Waals surface area contributed by atoms with E-state index in [-0.39, 0.29) is 41.6 Å². The average molecular weight is 484 g/mol. The quantitative estimate of drug-likeness (QED) is 0.306. The third-order valence-corrected chi connectivity index (χ3v) is 6.22. The number of hydrogen-bond donors (Lipinski definition) is 0. The monoisotopic (exact) mass is 483 g/mol. The van der Waals surface area contributed by atoms with Crippen LogP contribution in [0, 0.1) is 24.7 Å². The van der Waals surface area contributed by atoms with Crippen LogP contribution in [0.1, 0.15) is 75.5 Å². The fraction of sp³-hybridized carbons (Fsp3) is 0.500. The standard InChI is InChI=1S/C28H37NO6/c1-16(2)22(28(32)34-20(7)19(6)21-12-10-9-11-18(21)5)15-23(30)25-26(35-27(31)17(3)4)24(33-8)13-14-29-25/h9-14,16-17,19-20,22H,15H2,1-8H3/t19-,20-,22+/m1/s1. The summed E-state index contributed by atoms with van der Waals surface area (Å²) in [4.78, 5) is 42.8. The van der Waals surface area contributed by atoms with E-state index in [0.29, 0.717) is 0 Å². The summed E-state index contributed by atoms with van der Waals surface area (Å²) in [7, 11) is 1.42. The maximum absolute atomic E-state index is 13.3. The maximum atomic E-state index is 13.3. The highest BCUT2D eigenvalue weighted by Gasteiger charge is 2.32. The van der Waals surface area contributed by atoms with Crippen LogP contribution in [0.3, 0.4) is 0 Å². The van der Waals surface area contributed by atoms with E-state index in [4.69, 9.17) is 14.2 Å². The van der Waals surface area contributed by atoms with Gasteiger partial charge in [-0.2, -0.15) is 0 Å². The molecule has 0 aliphatic heterocycles. The van der Waals surface area contributed by atoms with Crippen LogP contribution >= 0.6 is 0 Å². The number of rotatable bonds is 11. The number of nitrogens with zero attached hydrogens (tertiary/aromatic N) is 1. The van der Waals surface area contributed by atoms with Gasteiger partial charge in [0.05, 0.1) is 18.9 Å². The molecule has 1 heterocycles. The van der Waals surface area contributed by atoms with Gasteiger partial charge >= 0.3 is 11.9 Å². The van der Waals surface area contributed by atoms with E-state index >= 15 is 0 Å². The number of ether oxygens (including phenoxy) is 3. The molecule has 0 fully saturated rings. The maximum Gasteiger partial charge on any atom is 0.313 e. The van der Waals surface area contributed by atoms with E-state index in [0.717, 1.165) is 11.1 Å². The largest absolute Gasteiger partial charge is 0.493 e. The Morgan fingerprint density at radius 2 is 1.60 bits per heavy atom. The fourth-order valence-electron chi connectivity index (χ4n) is 3.72. The molecule has 0 bridgehead atoms. The molecule has 0 aliphatic rings. The lowest BCUT2D eigenvalue weighted by Crippen LogP contribution is -2.31. The normalized spacial score (nSPS) is 13.8. The topological polar surface area (TPSA) is 91.8 Å². The van der Waals surface area contributed by atoms with Gasteiger partial charge in [-0.1, -0.05) is 58.9 Å². The van der Waals surface area contributed by atoms with Crippen LogP contribution in [0.5, 0.6) is 11.5 Å². The van der Waals surface area contributed by atoms with E-state index in [1.54, 1.807) is 13.8 Å². The van der Waals surface area contributed by atoms with Crippen LogP contribution in [0.2, 0.25) is 0 Å². The Kier molecular flexibility index (Phi) is 9.99. The van der Waals surface area contributed by atoms with Gasteiger partial charge in [0, 0.05) is 24.6 Å². The van der Waals surface area contributed by atoms with Gasteiger partial charge in [0.15, 0.2) is 17.2 Å². The number of Topliss-reactive ketones (excluding diaryl/α,β-unsaturated/α-hetero) is 1. The highest BCUT2D eigenvalue weighted by molar-refractivity contribution is 6.00. The molecule has 190 valence electrons. The predicted octanol–water partition coefficient (Wildman–Crippen LogP) is 5.54. The first-order valence-corrected chi connectivity index (χ1v) is 12.0. The summed E-state index contributed by atoms with van der Waals surface area (Å²) in [5.41, 5.74) is 2.20. The molecule has 0 N–H and O–H groups in total. The number of pyridine rings is 1. The second-order valence-electron chi connectivity index (χ2n) is 9.53. The highest BCUT2D eigenvalue weighted by atomic mass is 16.6. The van der Waals surface area contributed by atoms with Gasteiger partial charge in [0.25, 0.3) is 0 Å². The number of aromatic nitrogens is 1. The minimum Gasteiger partial charge on any atom is -0.493 e. The van der Waals surface area contributed by atoms with Crippen molar-refractivity contribution in [1.29, 1.82) is 0 Å². The zero-order valence-electron chi connectivity index (χ0n) is 22.0. The predicted molar refractivity (Wildman–Crippen MR) is 134 cm³/mol. The van der Waals surface area contributed by atoms with Crippen LogP contribution < -0.4 is 9.47 Å². The molecule has 3 atom stereocenters. The molecule has 0 saturated heterocycles. The molecule has 0 unspecified atom stereocenters. The van der Waals surface area contributed by atoms with Gasteiger partial charge in [-0.15, -0.1) is 0 Å². The van der Waals surface area contributed by atoms with Crippen LogP contribution in [-0.2, 0) is 14.3 Å². The van der Waals surface area contributed by atoms with Gasteiger partial charge in [-0.25, -0.2) is 4.98 Å². The molecule has 1 aromatic carbocycles. The zero-order valence-corrected chi connectivity index (χ0v) is 22.0. The molecular weight excluding hydrogens is 446 g/mol. The molecule has 0 radical (unpaired) electrons. The highest BCUT2D eigenvalue weighted by Crippen LogP contribution is 2.33. The number of methoxy groups -OCH3 is 1. The van der Waals surface area contributed by atoms with E-state index in [1.165, 1.54) is 19.4 Å². The number of aryl methyl sites for hydroxylation is 1. The Bertz CT molecular complexity index is 1050. The van der Waals surface area contributed by atoms with Crippen molar-refractivity contribution >= 4 is 17.7 Å². The Balaban J connectivity index is 2.23. The molecule has 0 aliphatic carbocycles. The van der Waals surface area contributed by atoms with Crippen molar-refractivity contribution in [2.24, 2.45) is 17.8 Å². The van der Waals surface area contributed by atoms with E-state index < -0.39 is 29.6 Å². The van der Waals surface area contributed by atoms with E-state index in [1.807, 2.05) is 58.9 Å². The van der Waals surface area contributed by atoms with Crippen LogP contribution in [0.15, 0.2) is 36.5 Å². The van der Waals surface area contributed by atoms with Gasteiger partial charge < -0.3 is 14.2 Å². The lowest BCUT2D eigenvalue weighted by Gasteiger charge is -2.26. The van der Waals surface area contributed by atoms with Crippen LogP contribution in [0.25, 0.3) is 0 Å². The molecule has 0 saturated carbocycles. The number of benzene rings is 1. The van der Waals surface area contributed by atoms with Crippen LogP contribution in [0.4, 0.5) is 0 Å². The van der Waals surface area contributed by atoms with Crippen molar-refractivity contribution in [1.82, 2.24) is 4.98 Å². The lowest BCUT2D eigenvalue weighted by molar-refractivity contribution is -0.155. The van der Waals surface area contributed by atoms with Gasteiger partial charge in [0.2, 0.25) is 5.75 Å². The Hall–Kier alpha value is -3.22. The van der Waals surface area contributed by atoms with Crippen molar-refractivity contribution < 1.29 is 28.6 Å². The average Bonchev–Trinajstić information content (AvgIpc) is 2.81. The Morgan fingerprint density at radius 1 is 0.943 bits per heavy atom. The van der Waals surface area contributed by atoms with Crippen molar-refractivity contribution in [2.75, 3.05) is 7.11 Å². The molecule has 0 amide bonds. The SMILES string of the molecule is COc1ccnc(C(=O)C[C@H](C(=O)O[C@H](C)[C@@H](C)c2ccccc2C)C(C)C)c1OC(=O)C(C)C. The minimum atomic E-state index is -0.685. The second kappa shape index (κ2) is 12.5. The summed E-state index contributed by atoms with van der Waals surface area (Å²) in [6.45, 7) is 13.0. The summed E-state index contributed by atoms with van der Waals surface area (Å²) in [6, 6.07) is 9.52. The van der Waals surface area contributed by atoms with Crippen molar-refractivity contribution in [3.63, 3.8) is 0 Å². The third kappa shape index (κ3) is 7.13.